The average Bonchev–Trinajstić information content (AvgIpc) is 3.19. The van der Waals surface area contributed by atoms with E-state index < -0.39 is 22.0 Å². The van der Waals surface area contributed by atoms with Crippen LogP contribution in [0.1, 0.15) is 23.2 Å². The zero-order valence-corrected chi connectivity index (χ0v) is 11.6. The van der Waals surface area contributed by atoms with E-state index in [-0.39, 0.29) is 28.6 Å². The highest BCUT2D eigenvalue weighted by Crippen LogP contribution is 2.32. The third-order valence-corrected chi connectivity index (χ3v) is 4.73. The van der Waals surface area contributed by atoms with Gasteiger partial charge in [0.1, 0.15) is 4.90 Å². The molecule has 0 aromatic heterocycles. The average molecular weight is 299 g/mol. The summed E-state index contributed by atoms with van der Waals surface area (Å²) in [5.74, 6) is -0.509. The molecule has 6 N–H and O–H groups in total. The molecule has 1 aliphatic carbocycles. The molecule has 1 fully saturated rings. The molecule has 8 heteroatoms. The molecule has 1 unspecified atom stereocenters. The van der Waals surface area contributed by atoms with Gasteiger partial charge in [-0.15, -0.1) is 0 Å². The van der Waals surface area contributed by atoms with Gasteiger partial charge in [0.05, 0.1) is 11.8 Å². The Labute approximate surface area is 117 Å². The summed E-state index contributed by atoms with van der Waals surface area (Å²) in [6.07, 6.45) is 1.15. The summed E-state index contributed by atoms with van der Waals surface area (Å²) in [4.78, 5) is 10.8. The van der Waals surface area contributed by atoms with Crippen LogP contribution in [0.4, 0.5) is 5.69 Å². The van der Waals surface area contributed by atoms with Gasteiger partial charge in [-0.1, -0.05) is 0 Å². The van der Waals surface area contributed by atoms with Crippen molar-refractivity contribution in [3.8, 4) is 0 Å². The summed E-state index contributed by atoms with van der Waals surface area (Å²) in [7, 11) is -3.82. The fourth-order valence-electron chi connectivity index (χ4n) is 1.87. The quantitative estimate of drug-likeness (QED) is 0.521. The largest absolute Gasteiger partial charge is 0.398 e. The molecule has 0 radical (unpaired) electrons. The standard InChI is InChI=1S/C12H17N3O4S/c13-9-5-8(12(14)17)3-4-11(9)20(18,19)15-6-10(16)7-1-2-7/h3-5,7,10,15-16H,1-2,6,13H2,(H2,14,17). The lowest BCUT2D eigenvalue weighted by molar-refractivity contribution is 0.1000. The number of sulfonamides is 1. The van der Waals surface area contributed by atoms with Crippen molar-refractivity contribution in [1.82, 2.24) is 4.72 Å². The van der Waals surface area contributed by atoms with Crippen LogP contribution in [0.25, 0.3) is 0 Å². The van der Waals surface area contributed by atoms with Crippen LogP contribution in [-0.2, 0) is 10.0 Å². The molecule has 1 amide bonds. The smallest absolute Gasteiger partial charge is 0.248 e. The third kappa shape index (κ3) is 3.27. The van der Waals surface area contributed by atoms with Gasteiger partial charge in [0.2, 0.25) is 15.9 Å². The lowest BCUT2D eigenvalue weighted by atomic mass is 10.2. The Morgan fingerprint density at radius 2 is 2.10 bits per heavy atom. The SMILES string of the molecule is NC(=O)c1ccc(S(=O)(=O)NCC(O)C2CC2)c(N)c1. The highest BCUT2D eigenvalue weighted by molar-refractivity contribution is 7.89. The molecule has 0 heterocycles. The van der Waals surface area contributed by atoms with E-state index in [9.17, 15) is 18.3 Å². The third-order valence-electron chi connectivity index (χ3n) is 3.23. The Kier molecular flexibility index (Phi) is 3.98. The van der Waals surface area contributed by atoms with E-state index in [0.717, 1.165) is 12.8 Å². The Morgan fingerprint density at radius 1 is 1.45 bits per heavy atom. The number of hydrogen-bond acceptors (Lipinski definition) is 5. The lowest BCUT2D eigenvalue weighted by Crippen LogP contribution is -2.33. The summed E-state index contributed by atoms with van der Waals surface area (Å²) < 4.78 is 26.4. The number of nitrogen functional groups attached to an aromatic ring is 1. The monoisotopic (exact) mass is 299 g/mol. The normalized spacial score (nSPS) is 16.9. The van der Waals surface area contributed by atoms with Crippen molar-refractivity contribution in [1.29, 1.82) is 0 Å². The van der Waals surface area contributed by atoms with Gasteiger partial charge < -0.3 is 16.6 Å². The molecule has 0 aliphatic heterocycles. The van der Waals surface area contributed by atoms with Gasteiger partial charge in [-0.2, -0.15) is 0 Å². The molecule has 1 atom stereocenters. The lowest BCUT2D eigenvalue weighted by Gasteiger charge is -2.13. The van der Waals surface area contributed by atoms with E-state index in [4.69, 9.17) is 11.5 Å². The van der Waals surface area contributed by atoms with Crippen LogP contribution >= 0.6 is 0 Å². The maximum atomic E-state index is 12.1. The molecular weight excluding hydrogens is 282 g/mol. The van der Waals surface area contributed by atoms with Crippen LogP contribution in [0.3, 0.4) is 0 Å². The minimum absolute atomic E-state index is 0.0516. The fourth-order valence-corrected chi connectivity index (χ4v) is 3.03. The molecule has 110 valence electrons. The molecule has 1 saturated carbocycles. The molecular formula is C12H17N3O4S. The second-order valence-corrected chi connectivity index (χ2v) is 6.61. The fraction of sp³-hybridized carbons (Fsp3) is 0.417. The Bertz CT molecular complexity index is 626. The van der Waals surface area contributed by atoms with E-state index in [2.05, 4.69) is 4.72 Å². The first-order valence-electron chi connectivity index (χ1n) is 6.18. The number of primary amides is 1. The summed E-state index contributed by atoms with van der Waals surface area (Å²) in [6.45, 7) is -0.0516. The summed E-state index contributed by atoms with van der Waals surface area (Å²) in [5, 5.41) is 9.67. The molecule has 0 saturated heterocycles. The summed E-state index contributed by atoms with van der Waals surface area (Å²) in [5.41, 5.74) is 10.8. The minimum atomic E-state index is -3.82. The minimum Gasteiger partial charge on any atom is -0.398 e. The van der Waals surface area contributed by atoms with Gasteiger partial charge >= 0.3 is 0 Å². The number of aliphatic hydroxyl groups is 1. The van der Waals surface area contributed by atoms with Crippen molar-refractivity contribution in [2.45, 2.75) is 23.8 Å². The number of hydrogen-bond donors (Lipinski definition) is 4. The van der Waals surface area contributed by atoms with Gasteiger partial charge in [-0.05, 0) is 37.0 Å². The second-order valence-electron chi connectivity index (χ2n) is 4.87. The van der Waals surface area contributed by atoms with E-state index in [1.165, 1.54) is 18.2 Å². The van der Waals surface area contributed by atoms with Gasteiger partial charge in [0, 0.05) is 12.1 Å². The zero-order chi connectivity index (χ0) is 14.9. The zero-order valence-electron chi connectivity index (χ0n) is 10.7. The number of carbonyl (C=O) groups is 1. The molecule has 1 aromatic rings. The number of amides is 1. The number of nitrogens with one attached hydrogen (secondary N) is 1. The molecule has 7 nitrogen and oxygen atoms in total. The van der Waals surface area contributed by atoms with Crippen molar-refractivity contribution in [3.63, 3.8) is 0 Å². The van der Waals surface area contributed by atoms with E-state index in [1.807, 2.05) is 0 Å². The molecule has 2 rings (SSSR count). The molecule has 1 aliphatic rings. The van der Waals surface area contributed by atoms with E-state index in [0.29, 0.717) is 0 Å². The maximum absolute atomic E-state index is 12.1. The number of aliphatic hydroxyl groups excluding tert-OH is 1. The maximum Gasteiger partial charge on any atom is 0.248 e. The molecule has 20 heavy (non-hydrogen) atoms. The number of benzene rings is 1. The number of carbonyl (C=O) groups excluding carboxylic acids is 1. The first kappa shape index (κ1) is 14.8. The van der Waals surface area contributed by atoms with Crippen LogP contribution in [0.2, 0.25) is 0 Å². The summed E-state index contributed by atoms with van der Waals surface area (Å²) in [6, 6.07) is 3.74. The van der Waals surface area contributed by atoms with Gasteiger partial charge in [-0.25, -0.2) is 13.1 Å². The Morgan fingerprint density at radius 3 is 2.60 bits per heavy atom. The first-order valence-corrected chi connectivity index (χ1v) is 7.66. The van der Waals surface area contributed by atoms with Crippen LogP contribution in [0, 0.1) is 5.92 Å². The van der Waals surface area contributed by atoms with Crippen LogP contribution < -0.4 is 16.2 Å². The number of anilines is 1. The second kappa shape index (κ2) is 5.39. The van der Waals surface area contributed by atoms with E-state index >= 15 is 0 Å². The highest BCUT2D eigenvalue weighted by atomic mass is 32.2. The Balaban J connectivity index is 2.14. The highest BCUT2D eigenvalue weighted by Gasteiger charge is 2.30. The van der Waals surface area contributed by atoms with Crippen LogP contribution in [0.15, 0.2) is 23.1 Å². The molecule has 0 bridgehead atoms. The predicted molar refractivity (Wildman–Crippen MR) is 73.3 cm³/mol. The summed E-state index contributed by atoms with van der Waals surface area (Å²) >= 11 is 0. The van der Waals surface area contributed by atoms with Crippen molar-refractivity contribution >= 4 is 21.6 Å². The molecule has 0 spiro atoms. The van der Waals surface area contributed by atoms with Crippen molar-refractivity contribution < 1.29 is 18.3 Å². The van der Waals surface area contributed by atoms with Crippen LogP contribution in [0.5, 0.6) is 0 Å². The van der Waals surface area contributed by atoms with Crippen LogP contribution in [-0.4, -0.2) is 32.1 Å². The van der Waals surface area contributed by atoms with Gasteiger partial charge in [0.25, 0.3) is 0 Å². The Hall–Kier alpha value is -1.64. The van der Waals surface area contributed by atoms with Crippen molar-refractivity contribution in [2.75, 3.05) is 12.3 Å². The van der Waals surface area contributed by atoms with Gasteiger partial charge in [0.15, 0.2) is 0 Å². The number of rotatable bonds is 6. The first-order chi connectivity index (χ1) is 9.31. The predicted octanol–water partition coefficient (Wildman–Crippen LogP) is -0.583. The van der Waals surface area contributed by atoms with Gasteiger partial charge in [-0.3, -0.25) is 4.79 Å². The van der Waals surface area contributed by atoms with Crippen molar-refractivity contribution in [3.05, 3.63) is 23.8 Å². The van der Waals surface area contributed by atoms with Crippen molar-refractivity contribution in [2.24, 2.45) is 11.7 Å². The topological polar surface area (TPSA) is 136 Å². The van der Waals surface area contributed by atoms with E-state index in [1.54, 1.807) is 0 Å². The molecule has 1 aromatic carbocycles. The number of nitrogens with two attached hydrogens (primary N) is 2.